The van der Waals surface area contributed by atoms with Crippen LogP contribution in [0.2, 0.25) is 0 Å². The van der Waals surface area contributed by atoms with Gasteiger partial charge >= 0.3 is 0 Å². The van der Waals surface area contributed by atoms with Gasteiger partial charge in [0.1, 0.15) is 0 Å². The predicted octanol–water partition coefficient (Wildman–Crippen LogP) is 1.07. The largest absolute Gasteiger partial charge is 0.329 e. The van der Waals surface area contributed by atoms with Crippen LogP contribution in [0, 0.1) is 5.92 Å². The second kappa shape index (κ2) is 4.07. The molecule has 2 heteroatoms. The van der Waals surface area contributed by atoms with E-state index in [9.17, 15) is 0 Å². The van der Waals surface area contributed by atoms with E-state index in [-0.39, 0.29) is 0 Å². The fourth-order valence-electron chi connectivity index (χ4n) is 1.92. The number of nitrogens with zero attached hydrogens (tertiary/aromatic N) is 1. The van der Waals surface area contributed by atoms with Gasteiger partial charge in [-0.2, -0.15) is 0 Å². The van der Waals surface area contributed by atoms with Crippen molar-refractivity contribution in [3.8, 4) is 0 Å². The third kappa shape index (κ3) is 2.17. The van der Waals surface area contributed by atoms with Gasteiger partial charge in [0.2, 0.25) is 0 Å². The first kappa shape index (κ1) is 9.01. The van der Waals surface area contributed by atoms with E-state index in [1.54, 1.807) is 0 Å². The highest BCUT2D eigenvalue weighted by atomic mass is 15.2. The van der Waals surface area contributed by atoms with Crippen LogP contribution in [0.4, 0.5) is 0 Å². The Labute approximate surface area is 69.8 Å². The Bertz CT molecular complexity index is 108. The van der Waals surface area contributed by atoms with Crippen molar-refractivity contribution >= 4 is 0 Å². The highest BCUT2D eigenvalue weighted by molar-refractivity contribution is 4.84. The maximum Gasteiger partial charge on any atom is 0.0107 e. The summed E-state index contributed by atoms with van der Waals surface area (Å²) in [5.41, 5.74) is 5.51. The summed E-state index contributed by atoms with van der Waals surface area (Å²) in [6.45, 7) is 7.59. The van der Waals surface area contributed by atoms with Crippen LogP contribution in [-0.2, 0) is 0 Å². The summed E-state index contributed by atoms with van der Waals surface area (Å²) in [5, 5.41) is 0. The molecule has 1 fully saturated rings. The van der Waals surface area contributed by atoms with Crippen molar-refractivity contribution in [2.24, 2.45) is 11.7 Å². The Hall–Kier alpha value is -0.0800. The molecule has 0 aromatic heterocycles. The molecule has 0 heterocycles. The average Bonchev–Trinajstić information content (AvgIpc) is 1.95. The Kier molecular flexibility index (Phi) is 3.34. The smallest absolute Gasteiger partial charge is 0.0107 e. The van der Waals surface area contributed by atoms with Crippen molar-refractivity contribution in [2.75, 3.05) is 19.6 Å². The predicted molar refractivity (Wildman–Crippen MR) is 48.5 cm³/mol. The zero-order chi connectivity index (χ0) is 8.27. The lowest BCUT2D eigenvalue weighted by Crippen LogP contribution is -2.45. The van der Waals surface area contributed by atoms with Crippen LogP contribution in [0.1, 0.15) is 26.7 Å². The van der Waals surface area contributed by atoms with Crippen molar-refractivity contribution in [3.05, 3.63) is 0 Å². The summed E-state index contributed by atoms with van der Waals surface area (Å²) in [5.74, 6) is 0.951. The number of likely N-dealkylation sites (N-methyl/N-ethyl adjacent to an activating group) is 1. The van der Waals surface area contributed by atoms with E-state index >= 15 is 0 Å². The van der Waals surface area contributed by atoms with Crippen molar-refractivity contribution in [2.45, 2.75) is 32.7 Å². The average molecular weight is 156 g/mol. The molecule has 0 spiro atoms. The number of rotatable bonds is 4. The lowest BCUT2D eigenvalue weighted by Gasteiger charge is -2.41. The van der Waals surface area contributed by atoms with Crippen LogP contribution < -0.4 is 5.73 Å². The highest BCUT2D eigenvalue weighted by Gasteiger charge is 2.29. The van der Waals surface area contributed by atoms with Gasteiger partial charge in [0.25, 0.3) is 0 Å². The van der Waals surface area contributed by atoms with Crippen LogP contribution >= 0.6 is 0 Å². The van der Waals surface area contributed by atoms with Gasteiger partial charge in [-0.3, -0.25) is 4.90 Å². The van der Waals surface area contributed by atoms with Gasteiger partial charge in [0, 0.05) is 19.1 Å². The molecule has 66 valence electrons. The zero-order valence-corrected chi connectivity index (χ0v) is 7.71. The monoisotopic (exact) mass is 156 g/mol. The topological polar surface area (TPSA) is 29.3 Å². The van der Waals surface area contributed by atoms with Gasteiger partial charge in [0.15, 0.2) is 0 Å². The van der Waals surface area contributed by atoms with Crippen LogP contribution in [0.3, 0.4) is 0 Å². The third-order valence-electron chi connectivity index (χ3n) is 2.69. The molecule has 0 unspecified atom stereocenters. The SMILES string of the molecule is CCN(CCN)C1CC(C)C1. The van der Waals surface area contributed by atoms with E-state index in [1.165, 1.54) is 12.8 Å². The van der Waals surface area contributed by atoms with Crippen LogP contribution in [0.5, 0.6) is 0 Å². The Morgan fingerprint density at radius 3 is 2.45 bits per heavy atom. The molecule has 0 aliphatic heterocycles. The summed E-state index contributed by atoms with van der Waals surface area (Å²) in [6.07, 6.45) is 2.77. The molecule has 2 nitrogen and oxygen atoms in total. The Morgan fingerprint density at radius 2 is 2.09 bits per heavy atom. The molecular formula is C9H20N2. The van der Waals surface area contributed by atoms with Crippen molar-refractivity contribution in [1.82, 2.24) is 4.90 Å². The lowest BCUT2D eigenvalue weighted by atomic mass is 9.81. The Balaban J connectivity index is 2.20. The van der Waals surface area contributed by atoms with Crippen molar-refractivity contribution < 1.29 is 0 Å². The summed E-state index contributed by atoms with van der Waals surface area (Å²) < 4.78 is 0. The number of hydrogen-bond donors (Lipinski definition) is 1. The molecule has 0 atom stereocenters. The van der Waals surface area contributed by atoms with Crippen molar-refractivity contribution in [1.29, 1.82) is 0 Å². The molecule has 0 saturated heterocycles. The third-order valence-corrected chi connectivity index (χ3v) is 2.69. The van der Waals surface area contributed by atoms with Gasteiger partial charge < -0.3 is 5.73 Å². The first-order chi connectivity index (χ1) is 5.27. The minimum Gasteiger partial charge on any atom is -0.329 e. The second-order valence-electron chi connectivity index (χ2n) is 3.65. The van der Waals surface area contributed by atoms with Gasteiger partial charge in [-0.1, -0.05) is 13.8 Å². The number of hydrogen-bond acceptors (Lipinski definition) is 2. The van der Waals surface area contributed by atoms with Crippen LogP contribution in [0.15, 0.2) is 0 Å². The van der Waals surface area contributed by atoms with Gasteiger partial charge in [-0.25, -0.2) is 0 Å². The summed E-state index contributed by atoms with van der Waals surface area (Å²) in [7, 11) is 0. The number of nitrogens with two attached hydrogens (primary N) is 1. The second-order valence-corrected chi connectivity index (χ2v) is 3.65. The van der Waals surface area contributed by atoms with E-state index in [0.717, 1.165) is 31.6 Å². The van der Waals surface area contributed by atoms with E-state index in [2.05, 4.69) is 18.7 Å². The van der Waals surface area contributed by atoms with Gasteiger partial charge in [-0.15, -0.1) is 0 Å². The van der Waals surface area contributed by atoms with E-state index in [0.29, 0.717) is 0 Å². The molecular weight excluding hydrogens is 136 g/mol. The van der Waals surface area contributed by atoms with E-state index in [1.807, 2.05) is 0 Å². The fraction of sp³-hybridized carbons (Fsp3) is 1.00. The molecule has 0 aromatic carbocycles. The zero-order valence-electron chi connectivity index (χ0n) is 7.71. The normalized spacial score (nSPS) is 30.5. The molecule has 0 bridgehead atoms. The van der Waals surface area contributed by atoms with E-state index in [4.69, 9.17) is 5.73 Å². The van der Waals surface area contributed by atoms with E-state index < -0.39 is 0 Å². The minimum atomic E-state index is 0.804. The molecule has 11 heavy (non-hydrogen) atoms. The fourth-order valence-corrected chi connectivity index (χ4v) is 1.92. The molecule has 1 rings (SSSR count). The summed E-state index contributed by atoms with van der Waals surface area (Å²) in [6, 6.07) is 0.846. The molecule has 2 N–H and O–H groups in total. The lowest BCUT2D eigenvalue weighted by molar-refractivity contribution is 0.0941. The molecule has 0 aromatic rings. The molecule has 1 saturated carbocycles. The quantitative estimate of drug-likeness (QED) is 0.659. The van der Waals surface area contributed by atoms with Crippen LogP contribution in [0.25, 0.3) is 0 Å². The molecule has 0 amide bonds. The molecule has 1 aliphatic rings. The van der Waals surface area contributed by atoms with Crippen LogP contribution in [-0.4, -0.2) is 30.6 Å². The maximum atomic E-state index is 5.51. The standard InChI is InChI=1S/C9H20N2/c1-3-11(5-4-10)9-6-8(2)7-9/h8-9H,3-7,10H2,1-2H3. The van der Waals surface area contributed by atoms with Gasteiger partial charge in [0.05, 0.1) is 0 Å². The first-order valence-electron chi connectivity index (χ1n) is 4.72. The van der Waals surface area contributed by atoms with Gasteiger partial charge in [-0.05, 0) is 25.3 Å². The molecule has 0 radical (unpaired) electrons. The van der Waals surface area contributed by atoms with Crippen molar-refractivity contribution in [3.63, 3.8) is 0 Å². The molecule has 1 aliphatic carbocycles. The Morgan fingerprint density at radius 1 is 1.45 bits per heavy atom. The first-order valence-corrected chi connectivity index (χ1v) is 4.72. The maximum absolute atomic E-state index is 5.51. The highest BCUT2D eigenvalue weighted by Crippen LogP contribution is 2.30. The minimum absolute atomic E-state index is 0.804. The summed E-state index contributed by atoms with van der Waals surface area (Å²) in [4.78, 5) is 2.50. The summed E-state index contributed by atoms with van der Waals surface area (Å²) >= 11 is 0.